The van der Waals surface area contributed by atoms with Gasteiger partial charge < -0.3 is 41.1 Å². The Labute approximate surface area is 387 Å². The number of carbonyl (C=O) groups is 6. The van der Waals surface area contributed by atoms with Gasteiger partial charge in [-0.15, -0.1) is 0 Å². The minimum absolute atomic E-state index is 0.00595. The lowest BCUT2D eigenvalue weighted by Gasteiger charge is -2.33. The van der Waals surface area contributed by atoms with Crippen molar-refractivity contribution in [3.63, 3.8) is 0 Å². The molecule has 3 heterocycles. The van der Waals surface area contributed by atoms with Crippen molar-refractivity contribution in [1.82, 2.24) is 40.4 Å². The van der Waals surface area contributed by atoms with E-state index in [0.717, 1.165) is 4.90 Å². The number of carboxylic acid groups (broad SMARTS) is 3. The molecular formula is C44H62F2N10O11. The number of aliphatic imine (C=N–C) groups is 1. The van der Waals surface area contributed by atoms with Crippen molar-refractivity contribution >= 4 is 47.4 Å². The Kier molecular flexibility index (Phi) is 19.9. The van der Waals surface area contributed by atoms with Crippen molar-refractivity contribution in [2.45, 2.75) is 62.8 Å². The van der Waals surface area contributed by atoms with E-state index in [1.54, 1.807) is 57.4 Å². The summed E-state index contributed by atoms with van der Waals surface area (Å²) in [7, 11) is 0. The second-order valence-electron chi connectivity index (χ2n) is 17.4. The summed E-state index contributed by atoms with van der Waals surface area (Å²) in [5, 5.41) is 56.7. The van der Waals surface area contributed by atoms with E-state index in [-0.39, 0.29) is 102 Å². The van der Waals surface area contributed by atoms with Crippen LogP contribution in [0.2, 0.25) is 0 Å². The van der Waals surface area contributed by atoms with Crippen LogP contribution in [0.25, 0.3) is 5.57 Å². The number of benzene rings is 1. The van der Waals surface area contributed by atoms with E-state index in [1.807, 2.05) is 4.90 Å². The summed E-state index contributed by atoms with van der Waals surface area (Å²) < 4.78 is 33.6. The Morgan fingerprint density at radius 2 is 1.33 bits per heavy atom. The maximum Gasteiger partial charge on any atom is 0.317 e. The van der Waals surface area contributed by atoms with Crippen molar-refractivity contribution in [3.8, 4) is 11.8 Å². The Hall–Kier alpha value is -5.64. The number of nitrogens with one attached hydrogen (secondary N) is 3. The van der Waals surface area contributed by atoms with Gasteiger partial charge in [-0.1, -0.05) is 12.1 Å². The fourth-order valence-corrected chi connectivity index (χ4v) is 8.74. The number of carbonyl (C=O) groups excluding carboxylic acids is 3. The molecule has 3 fully saturated rings. The van der Waals surface area contributed by atoms with Gasteiger partial charge in [-0.05, 0) is 55.4 Å². The van der Waals surface area contributed by atoms with Crippen LogP contribution in [-0.2, 0) is 28.8 Å². The highest BCUT2D eigenvalue weighted by molar-refractivity contribution is 5.95. The van der Waals surface area contributed by atoms with Crippen LogP contribution in [-0.4, -0.2) is 216 Å². The van der Waals surface area contributed by atoms with Gasteiger partial charge in [-0.3, -0.25) is 58.3 Å². The zero-order valence-electron chi connectivity index (χ0n) is 37.4. The summed E-state index contributed by atoms with van der Waals surface area (Å²) in [5.74, 6) is -7.37. The molecule has 0 bridgehead atoms. The van der Waals surface area contributed by atoms with Gasteiger partial charge in [0.25, 0.3) is 5.92 Å². The van der Waals surface area contributed by atoms with E-state index < -0.39 is 60.9 Å². The van der Waals surface area contributed by atoms with E-state index in [0.29, 0.717) is 68.7 Å². The first kappa shape index (κ1) is 52.3. The molecule has 3 aliphatic heterocycles. The number of ether oxygens (including phenoxy) is 1. The molecule has 1 aromatic rings. The number of aliphatic hydroxyl groups is 1. The van der Waals surface area contributed by atoms with E-state index in [1.165, 1.54) is 0 Å². The minimum atomic E-state index is -3.11. The van der Waals surface area contributed by atoms with Crippen LogP contribution in [0.3, 0.4) is 0 Å². The number of alkyl halides is 2. The molecule has 0 radical (unpaired) electrons. The van der Waals surface area contributed by atoms with Crippen LogP contribution >= 0.6 is 0 Å². The molecule has 2 saturated heterocycles. The molecule has 0 spiro atoms. The van der Waals surface area contributed by atoms with Crippen molar-refractivity contribution in [2.75, 3.05) is 105 Å². The third-order valence-electron chi connectivity index (χ3n) is 12.3. The number of nitriles is 1. The average Bonchev–Trinajstić information content (AvgIpc) is 3.61. The lowest BCUT2D eigenvalue weighted by Crippen LogP contribution is -2.50. The van der Waals surface area contributed by atoms with Crippen LogP contribution in [0.15, 0.2) is 35.5 Å². The molecule has 0 aromatic heterocycles. The molecule has 21 nitrogen and oxygen atoms in total. The Balaban J connectivity index is 1.02. The van der Waals surface area contributed by atoms with Crippen LogP contribution in [0.5, 0.6) is 5.75 Å². The molecule has 1 aromatic carbocycles. The van der Waals surface area contributed by atoms with Gasteiger partial charge in [-0.25, -0.2) is 8.78 Å². The summed E-state index contributed by atoms with van der Waals surface area (Å²) in [6.45, 7) is 0.898. The number of amides is 3. The lowest BCUT2D eigenvalue weighted by atomic mass is 9.85. The topological polar surface area (TPSA) is 281 Å². The number of hydrogen-bond donors (Lipinski definition) is 7. The van der Waals surface area contributed by atoms with Crippen LogP contribution in [0, 0.1) is 23.2 Å². The minimum Gasteiger partial charge on any atom is -0.492 e. The number of nitrogens with zero attached hydrogens (tertiary/aromatic N) is 7. The van der Waals surface area contributed by atoms with Crippen molar-refractivity contribution in [3.05, 3.63) is 36.0 Å². The standard InChI is InChI=1S/C44H62F2N10O11/c45-44(46)21-33(22-47)56(29-44)38(58)24-50-43(66)35-9-10-48-23-36(35)30-3-7-34(8-4-30)67-20-11-49-42(65)31-1-5-32(6-2-31)51-37(57)25-52-12-14-53(26-39(59)60)16-18-55(28-41(63)64)19-17-54(15-13-52)27-40(61)62/h3-4,7-8,10,23,31-33,35,38,58H,1-2,5-6,9,11-21,24-29H2,(H,49,65)(H,50,66)(H,51,57)(H,59,60)(H,61,62)(H,63,64). The third-order valence-corrected chi connectivity index (χ3v) is 12.3. The molecule has 3 atom stereocenters. The molecule has 67 heavy (non-hydrogen) atoms. The largest absolute Gasteiger partial charge is 0.492 e. The molecule has 4 aliphatic rings. The molecule has 5 rings (SSSR count). The summed E-state index contributed by atoms with van der Waals surface area (Å²) in [5.41, 5.74) is 1.31. The van der Waals surface area contributed by atoms with E-state index in [9.17, 15) is 63.2 Å². The number of halogens is 2. The molecule has 368 valence electrons. The van der Waals surface area contributed by atoms with E-state index in [2.05, 4.69) is 20.9 Å². The average molecular weight is 945 g/mol. The number of likely N-dealkylation sites (tertiary alicyclic amines) is 1. The second kappa shape index (κ2) is 25.5. The van der Waals surface area contributed by atoms with Gasteiger partial charge >= 0.3 is 17.9 Å². The number of rotatable bonds is 19. The summed E-state index contributed by atoms with van der Waals surface area (Å²) in [6.07, 6.45) is 3.59. The van der Waals surface area contributed by atoms with Crippen molar-refractivity contribution in [1.29, 1.82) is 5.26 Å². The van der Waals surface area contributed by atoms with E-state index >= 15 is 0 Å². The molecule has 23 heteroatoms. The number of carboxylic acids is 3. The first-order chi connectivity index (χ1) is 32.0. The van der Waals surface area contributed by atoms with Crippen LogP contribution in [0.1, 0.15) is 44.1 Å². The van der Waals surface area contributed by atoms with Crippen LogP contribution < -0.4 is 20.7 Å². The quantitative estimate of drug-likeness (QED) is 0.0856. The molecule has 7 N–H and O–H groups in total. The van der Waals surface area contributed by atoms with E-state index in [4.69, 9.17) is 4.74 Å². The molecule has 3 amide bonds. The number of aliphatic carboxylic acids is 3. The second-order valence-corrected chi connectivity index (χ2v) is 17.4. The van der Waals surface area contributed by atoms with Gasteiger partial charge in [0, 0.05) is 83.2 Å². The molecule has 3 unspecified atom stereocenters. The highest BCUT2D eigenvalue weighted by Gasteiger charge is 2.47. The smallest absolute Gasteiger partial charge is 0.317 e. The monoisotopic (exact) mass is 944 g/mol. The van der Waals surface area contributed by atoms with Gasteiger partial charge in [0.1, 0.15) is 24.6 Å². The molecular weight excluding hydrogens is 883 g/mol. The normalized spacial score (nSPS) is 24.2. The predicted octanol–water partition coefficient (Wildman–Crippen LogP) is -0.569. The first-order valence-electron chi connectivity index (χ1n) is 22.5. The predicted molar refractivity (Wildman–Crippen MR) is 237 cm³/mol. The third kappa shape index (κ3) is 17.2. The highest BCUT2D eigenvalue weighted by atomic mass is 19.3. The summed E-state index contributed by atoms with van der Waals surface area (Å²) in [6, 6.07) is 7.45. The highest BCUT2D eigenvalue weighted by Crippen LogP contribution is 2.33. The van der Waals surface area contributed by atoms with Gasteiger partial charge in [0.2, 0.25) is 17.7 Å². The van der Waals surface area contributed by atoms with Gasteiger partial charge in [0.05, 0.1) is 57.8 Å². The fourth-order valence-electron chi connectivity index (χ4n) is 8.74. The maximum atomic E-state index is 13.9. The molecule has 1 aliphatic carbocycles. The summed E-state index contributed by atoms with van der Waals surface area (Å²) >= 11 is 0. The van der Waals surface area contributed by atoms with Crippen molar-refractivity contribution < 1.29 is 62.7 Å². The summed E-state index contributed by atoms with van der Waals surface area (Å²) in [4.78, 5) is 86.3. The number of hydrogen-bond acceptors (Lipinski definition) is 15. The maximum absolute atomic E-state index is 13.9. The Bertz CT molecular complexity index is 1950. The van der Waals surface area contributed by atoms with Gasteiger partial charge in [0.15, 0.2) is 0 Å². The lowest BCUT2D eigenvalue weighted by molar-refractivity contribution is -0.140. The van der Waals surface area contributed by atoms with Crippen LogP contribution in [0.4, 0.5) is 8.78 Å². The SMILES string of the molecule is N#CC1CC(F)(F)CN1C(O)CNC(=O)C1CC=NC=C1c1ccc(OCCNC(=O)C2CCC(NC(=O)CN3CCN(CC(=O)O)CCN(CC(=O)O)CCN(CC(=O)O)CC3)CC2)cc1. The zero-order chi connectivity index (χ0) is 48.5. The first-order valence-corrected chi connectivity index (χ1v) is 22.5. The zero-order valence-corrected chi connectivity index (χ0v) is 37.4. The van der Waals surface area contributed by atoms with Gasteiger partial charge in [-0.2, -0.15) is 5.26 Å². The number of aliphatic hydroxyl groups excluding tert-OH is 1. The Morgan fingerprint density at radius 1 is 0.791 bits per heavy atom. The van der Waals surface area contributed by atoms with Crippen molar-refractivity contribution in [2.24, 2.45) is 16.8 Å². The fraction of sp³-hybridized carbons (Fsp3) is 0.636. The Morgan fingerprint density at radius 3 is 1.85 bits per heavy atom. The molecule has 1 saturated carbocycles.